The third-order valence-corrected chi connectivity index (χ3v) is 8.79. The lowest BCUT2D eigenvalue weighted by molar-refractivity contribution is 0.210. The molecule has 0 saturated carbocycles. The molecule has 0 radical (unpaired) electrons. The average Bonchev–Trinajstić information content (AvgIpc) is 2.87. The number of rotatable bonds is 9. The van der Waals surface area contributed by atoms with Crippen LogP contribution in [0.5, 0.6) is 23.0 Å². The van der Waals surface area contributed by atoms with Crippen LogP contribution in [0.15, 0.2) is 117 Å². The molecule has 0 unspecified atom stereocenters. The van der Waals surface area contributed by atoms with Gasteiger partial charge >= 0.3 is 0 Å². The van der Waals surface area contributed by atoms with Gasteiger partial charge in [0.05, 0.1) is 9.79 Å². The van der Waals surface area contributed by atoms with Crippen molar-refractivity contribution < 1.29 is 36.5 Å². The van der Waals surface area contributed by atoms with E-state index < -0.39 is 19.7 Å². The Kier molecular flexibility index (Phi) is 7.18. The molecule has 2 N–H and O–H groups in total. The van der Waals surface area contributed by atoms with Crippen LogP contribution in [0.25, 0.3) is 0 Å². The van der Waals surface area contributed by atoms with Gasteiger partial charge in [-0.1, -0.05) is 24.3 Å². The molecule has 4 aromatic rings. The van der Waals surface area contributed by atoms with Crippen LogP contribution in [0.2, 0.25) is 0 Å². The summed E-state index contributed by atoms with van der Waals surface area (Å²) in [6.07, 6.45) is 0. The predicted molar refractivity (Wildman–Crippen MR) is 131 cm³/mol. The molecule has 0 bridgehead atoms. The van der Waals surface area contributed by atoms with Gasteiger partial charge in [0.25, 0.3) is 0 Å². The molecule has 4 aromatic carbocycles. The molecule has 36 heavy (non-hydrogen) atoms. The fourth-order valence-electron chi connectivity index (χ4n) is 3.39. The van der Waals surface area contributed by atoms with Crippen molar-refractivity contribution in [3.63, 3.8) is 0 Å². The minimum Gasteiger partial charge on any atom is -0.508 e. The summed E-state index contributed by atoms with van der Waals surface area (Å²) in [6, 6.07) is 22.6. The van der Waals surface area contributed by atoms with Gasteiger partial charge in [0.1, 0.15) is 46.0 Å². The van der Waals surface area contributed by atoms with Crippen molar-refractivity contribution in [2.75, 3.05) is 13.2 Å². The SMILES string of the molecule is O=S(=O)(c1ccc(O)cc1)c1ccccc1OCCOc1ccccc1S(=O)(=O)c1ccc(O)cc1. The molecule has 4 rings (SSSR count). The van der Waals surface area contributed by atoms with E-state index in [0.717, 1.165) is 0 Å². The number of aromatic hydroxyl groups is 2. The van der Waals surface area contributed by atoms with E-state index in [9.17, 15) is 27.0 Å². The van der Waals surface area contributed by atoms with Crippen LogP contribution in [0.1, 0.15) is 0 Å². The quantitative estimate of drug-likeness (QED) is 0.310. The number of sulfone groups is 2. The predicted octanol–water partition coefficient (Wildman–Crippen LogP) is 4.22. The number of hydrogen-bond acceptors (Lipinski definition) is 8. The Balaban J connectivity index is 1.49. The van der Waals surface area contributed by atoms with Gasteiger partial charge in [-0.15, -0.1) is 0 Å². The molecule has 10 heteroatoms. The third kappa shape index (κ3) is 5.29. The summed E-state index contributed by atoms with van der Waals surface area (Å²) in [5, 5.41) is 18.9. The lowest BCUT2D eigenvalue weighted by Gasteiger charge is -2.14. The summed E-state index contributed by atoms with van der Waals surface area (Å²) >= 11 is 0. The minimum atomic E-state index is -3.91. The molecule has 0 aliphatic carbocycles. The van der Waals surface area contributed by atoms with Crippen LogP contribution < -0.4 is 9.47 Å². The molecule has 0 saturated heterocycles. The second-order valence-electron chi connectivity index (χ2n) is 7.59. The number of ether oxygens (including phenoxy) is 2. The van der Waals surface area contributed by atoms with Crippen LogP contribution in [0.3, 0.4) is 0 Å². The molecule has 186 valence electrons. The minimum absolute atomic E-state index is 0.000893. The van der Waals surface area contributed by atoms with Gasteiger partial charge in [-0.2, -0.15) is 0 Å². The Morgan fingerprint density at radius 3 is 1.19 bits per heavy atom. The van der Waals surface area contributed by atoms with E-state index in [0.29, 0.717) is 0 Å². The van der Waals surface area contributed by atoms with E-state index in [1.165, 1.54) is 72.8 Å². The van der Waals surface area contributed by atoms with Crippen molar-refractivity contribution in [2.24, 2.45) is 0 Å². The van der Waals surface area contributed by atoms with E-state index in [4.69, 9.17) is 9.47 Å². The zero-order valence-corrected chi connectivity index (χ0v) is 20.4. The van der Waals surface area contributed by atoms with Gasteiger partial charge in [-0.25, -0.2) is 16.8 Å². The number of para-hydroxylation sites is 2. The van der Waals surface area contributed by atoms with E-state index in [1.807, 2.05) is 0 Å². The molecule has 0 aliphatic heterocycles. The Morgan fingerprint density at radius 1 is 0.500 bits per heavy atom. The summed E-state index contributed by atoms with van der Waals surface area (Å²) in [7, 11) is -7.82. The molecular weight excluding hydrogens is 504 g/mol. The van der Waals surface area contributed by atoms with Crippen molar-refractivity contribution in [3.05, 3.63) is 97.1 Å². The molecule has 0 spiro atoms. The third-order valence-electron chi connectivity index (χ3n) is 5.17. The highest BCUT2D eigenvalue weighted by Gasteiger charge is 2.23. The highest BCUT2D eigenvalue weighted by molar-refractivity contribution is 7.92. The molecular formula is C26H22O8S2. The van der Waals surface area contributed by atoms with Crippen LogP contribution in [-0.2, 0) is 19.7 Å². The fraction of sp³-hybridized carbons (Fsp3) is 0.0769. The number of phenols is 2. The van der Waals surface area contributed by atoms with Gasteiger partial charge in [0, 0.05) is 0 Å². The first kappa shape index (κ1) is 25.1. The number of phenolic OH excluding ortho intramolecular Hbond substituents is 2. The van der Waals surface area contributed by atoms with Crippen LogP contribution >= 0.6 is 0 Å². The second-order valence-corrected chi connectivity index (χ2v) is 11.4. The highest BCUT2D eigenvalue weighted by atomic mass is 32.2. The maximum atomic E-state index is 13.1. The first-order valence-corrected chi connectivity index (χ1v) is 13.7. The lowest BCUT2D eigenvalue weighted by atomic mass is 10.3. The molecule has 0 amide bonds. The van der Waals surface area contributed by atoms with E-state index >= 15 is 0 Å². The van der Waals surface area contributed by atoms with Gasteiger partial charge in [0.15, 0.2) is 0 Å². The zero-order chi connectivity index (χ0) is 25.8. The summed E-state index contributed by atoms with van der Waals surface area (Å²) in [5.74, 6) is 0.116. The maximum Gasteiger partial charge on any atom is 0.210 e. The van der Waals surface area contributed by atoms with Gasteiger partial charge in [-0.05, 0) is 72.8 Å². The average molecular weight is 527 g/mol. The molecule has 0 fully saturated rings. The Hall–Kier alpha value is -4.02. The first-order chi connectivity index (χ1) is 17.2. The fourth-order valence-corrected chi connectivity index (χ4v) is 6.19. The van der Waals surface area contributed by atoms with Crippen molar-refractivity contribution in [1.82, 2.24) is 0 Å². The molecule has 0 atom stereocenters. The molecule has 0 aromatic heterocycles. The Bertz CT molecular complexity index is 1440. The van der Waals surface area contributed by atoms with Crippen molar-refractivity contribution >= 4 is 19.7 Å². The van der Waals surface area contributed by atoms with Gasteiger partial charge in [-0.3, -0.25) is 0 Å². The largest absolute Gasteiger partial charge is 0.508 e. The van der Waals surface area contributed by atoms with Gasteiger partial charge < -0.3 is 19.7 Å². The summed E-state index contributed by atoms with van der Waals surface area (Å²) in [5.41, 5.74) is 0. The van der Waals surface area contributed by atoms with Crippen LogP contribution in [-0.4, -0.2) is 40.3 Å². The van der Waals surface area contributed by atoms with E-state index in [-0.39, 0.29) is 55.8 Å². The standard InChI is InChI=1S/C26H22O8S2/c27-19-9-13-21(14-10-19)35(29,30)25-7-3-1-5-23(25)33-17-18-34-24-6-2-4-8-26(24)36(31,32)22-15-11-20(28)12-16-22/h1-16,27-28H,17-18H2. The van der Waals surface area contributed by atoms with Gasteiger partial charge in [0.2, 0.25) is 19.7 Å². The van der Waals surface area contributed by atoms with Crippen molar-refractivity contribution in [2.45, 2.75) is 19.6 Å². The Labute approximate surface area is 208 Å². The second kappa shape index (κ2) is 10.3. The van der Waals surface area contributed by atoms with Crippen LogP contribution in [0, 0.1) is 0 Å². The first-order valence-electron chi connectivity index (χ1n) is 10.7. The molecule has 0 heterocycles. The Morgan fingerprint density at radius 2 is 0.833 bits per heavy atom. The summed E-state index contributed by atoms with van der Waals surface area (Å²) in [6.45, 7) is -0.120. The number of benzene rings is 4. The smallest absolute Gasteiger partial charge is 0.210 e. The molecule has 8 nitrogen and oxygen atoms in total. The summed E-state index contributed by atoms with van der Waals surface area (Å²) in [4.78, 5) is -0.0982. The monoisotopic (exact) mass is 526 g/mol. The van der Waals surface area contributed by atoms with E-state index in [1.54, 1.807) is 24.3 Å². The maximum absolute atomic E-state index is 13.1. The zero-order valence-electron chi connectivity index (χ0n) is 18.8. The summed E-state index contributed by atoms with van der Waals surface area (Å²) < 4.78 is 63.6. The van der Waals surface area contributed by atoms with Crippen LogP contribution in [0.4, 0.5) is 0 Å². The highest BCUT2D eigenvalue weighted by Crippen LogP contribution is 2.31. The normalized spacial score (nSPS) is 11.7. The lowest BCUT2D eigenvalue weighted by Crippen LogP contribution is -2.13. The topological polar surface area (TPSA) is 127 Å². The molecule has 0 aliphatic rings. The van der Waals surface area contributed by atoms with E-state index in [2.05, 4.69) is 0 Å². The van der Waals surface area contributed by atoms with Crippen molar-refractivity contribution in [3.8, 4) is 23.0 Å². The number of hydrogen-bond donors (Lipinski definition) is 2. The van der Waals surface area contributed by atoms with Crippen molar-refractivity contribution in [1.29, 1.82) is 0 Å².